The fourth-order valence-corrected chi connectivity index (χ4v) is 2.95. The van der Waals surface area contributed by atoms with Gasteiger partial charge in [0.25, 0.3) is 0 Å². The quantitative estimate of drug-likeness (QED) is 0.889. The average molecular weight is 348 g/mol. The van der Waals surface area contributed by atoms with Gasteiger partial charge in [-0.2, -0.15) is 0 Å². The first-order valence-electron chi connectivity index (χ1n) is 6.92. The Morgan fingerprint density at radius 3 is 2.76 bits per heavy atom. The van der Waals surface area contributed by atoms with Crippen LogP contribution < -0.4 is 5.32 Å². The molecule has 1 N–H and O–H groups in total. The zero-order valence-corrected chi connectivity index (χ0v) is 12.9. The van der Waals surface area contributed by atoms with Crippen LogP contribution >= 0.6 is 15.9 Å². The Balaban J connectivity index is 1.58. The van der Waals surface area contributed by atoms with Crippen LogP contribution in [0, 0.1) is 11.7 Å². The van der Waals surface area contributed by atoms with E-state index in [9.17, 15) is 9.18 Å². The first kappa shape index (κ1) is 14.3. The van der Waals surface area contributed by atoms with E-state index in [4.69, 9.17) is 0 Å². The molecule has 0 saturated heterocycles. The van der Waals surface area contributed by atoms with E-state index in [1.807, 2.05) is 30.3 Å². The van der Waals surface area contributed by atoms with Crippen molar-refractivity contribution in [2.75, 3.05) is 0 Å². The lowest BCUT2D eigenvalue weighted by Crippen LogP contribution is -2.25. The van der Waals surface area contributed by atoms with Crippen LogP contribution in [0.5, 0.6) is 0 Å². The van der Waals surface area contributed by atoms with Gasteiger partial charge in [0.1, 0.15) is 5.82 Å². The van der Waals surface area contributed by atoms with Gasteiger partial charge in [0.05, 0.1) is 0 Å². The van der Waals surface area contributed by atoms with Crippen LogP contribution in [-0.2, 0) is 11.3 Å². The molecule has 1 aliphatic rings. The molecule has 0 aliphatic heterocycles. The average Bonchev–Trinajstić information content (AvgIpc) is 3.29. The van der Waals surface area contributed by atoms with Crippen molar-refractivity contribution in [2.45, 2.75) is 18.9 Å². The highest BCUT2D eigenvalue weighted by atomic mass is 79.9. The minimum absolute atomic E-state index is 0.00299. The van der Waals surface area contributed by atoms with Gasteiger partial charge in [0.2, 0.25) is 5.91 Å². The third-order valence-corrected chi connectivity index (χ3v) is 4.31. The second-order valence-corrected chi connectivity index (χ2v) is 6.23. The summed E-state index contributed by atoms with van der Waals surface area (Å²) < 4.78 is 14.4. The molecule has 0 aromatic heterocycles. The summed E-state index contributed by atoms with van der Waals surface area (Å²) in [6.07, 6.45) is 0.872. The van der Waals surface area contributed by atoms with Gasteiger partial charge in [0.15, 0.2) is 0 Å². The molecular weight excluding hydrogens is 333 g/mol. The van der Waals surface area contributed by atoms with Crippen LogP contribution in [0.1, 0.15) is 23.5 Å². The van der Waals surface area contributed by atoms with Gasteiger partial charge in [-0.05, 0) is 36.1 Å². The lowest BCUT2D eigenvalue weighted by molar-refractivity contribution is -0.122. The van der Waals surface area contributed by atoms with Crippen LogP contribution in [0.25, 0.3) is 0 Å². The van der Waals surface area contributed by atoms with Crippen LogP contribution in [0.4, 0.5) is 4.39 Å². The van der Waals surface area contributed by atoms with Gasteiger partial charge in [-0.25, -0.2) is 4.39 Å². The largest absolute Gasteiger partial charge is 0.352 e. The summed E-state index contributed by atoms with van der Waals surface area (Å²) in [5, 5.41) is 2.83. The van der Waals surface area contributed by atoms with Crippen LogP contribution in [0.2, 0.25) is 0 Å². The molecule has 21 heavy (non-hydrogen) atoms. The highest BCUT2D eigenvalue weighted by molar-refractivity contribution is 9.10. The molecule has 108 valence electrons. The lowest BCUT2D eigenvalue weighted by Gasteiger charge is -2.07. The van der Waals surface area contributed by atoms with E-state index in [1.165, 1.54) is 11.6 Å². The second kappa shape index (κ2) is 5.98. The van der Waals surface area contributed by atoms with Crippen molar-refractivity contribution in [1.82, 2.24) is 5.32 Å². The molecule has 1 fully saturated rings. The van der Waals surface area contributed by atoms with Crippen molar-refractivity contribution in [1.29, 1.82) is 0 Å². The fraction of sp³-hybridized carbons (Fsp3) is 0.235. The predicted molar refractivity (Wildman–Crippen MR) is 83.2 cm³/mol. The number of amides is 1. The number of rotatable bonds is 4. The lowest BCUT2D eigenvalue weighted by atomic mass is 10.1. The van der Waals surface area contributed by atoms with Crippen molar-refractivity contribution in [3.05, 3.63) is 69.9 Å². The zero-order chi connectivity index (χ0) is 14.8. The van der Waals surface area contributed by atoms with Crippen molar-refractivity contribution >= 4 is 21.8 Å². The third-order valence-electron chi connectivity index (χ3n) is 3.82. The Bertz CT molecular complexity index is 659. The molecule has 1 amide bonds. The van der Waals surface area contributed by atoms with Crippen molar-refractivity contribution in [3.63, 3.8) is 0 Å². The number of halogens is 2. The third kappa shape index (κ3) is 3.32. The number of benzene rings is 2. The maximum atomic E-state index is 13.6. The van der Waals surface area contributed by atoms with Gasteiger partial charge < -0.3 is 5.32 Å². The van der Waals surface area contributed by atoms with E-state index in [-0.39, 0.29) is 24.2 Å². The minimum atomic E-state index is -0.297. The summed E-state index contributed by atoms with van der Waals surface area (Å²) in [6, 6.07) is 14.8. The van der Waals surface area contributed by atoms with Crippen molar-refractivity contribution in [3.8, 4) is 0 Å². The smallest absolute Gasteiger partial charge is 0.224 e. The van der Waals surface area contributed by atoms with Crippen molar-refractivity contribution in [2.24, 2.45) is 5.92 Å². The molecule has 1 aliphatic carbocycles. The Hall–Kier alpha value is -1.68. The van der Waals surface area contributed by atoms with Gasteiger partial charge in [0, 0.05) is 22.5 Å². The van der Waals surface area contributed by atoms with Gasteiger partial charge in [-0.15, -0.1) is 0 Å². The molecule has 2 atom stereocenters. The molecule has 2 unspecified atom stereocenters. The highest BCUT2D eigenvalue weighted by Gasteiger charge is 2.43. The summed E-state index contributed by atoms with van der Waals surface area (Å²) in [5.41, 5.74) is 1.70. The monoisotopic (exact) mass is 347 g/mol. The van der Waals surface area contributed by atoms with Crippen LogP contribution in [-0.4, -0.2) is 5.91 Å². The molecule has 0 heterocycles. The van der Waals surface area contributed by atoms with Gasteiger partial charge >= 0.3 is 0 Å². The maximum absolute atomic E-state index is 13.6. The molecule has 0 bridgehead atoms. The van der Waals surface area contributed by atoms with E-state index in [0.717, 1.165) is 10.9 Å². The van der Waals surface area contributed by atoms with Crippen LogP contribution in [0.15, 0.2) is 53.0 Å². The van der Waals surface area contributed by atoms with E-state index >= 15 is 0 Å². The molecular formula is C17H15BrFNO. The van der Waals surface area contributed by atoms with E-state index in [1.54, 1.807) is 12.1 Å². The molecule has 4 heteroatoms. The number of hydrogen-bond acceptors (Lipinski definition) is 1. The number of nitrogens with one attached hydrogen (secondary N) is 1. The summed E-state index contributed by atoms with van der Waals surface area (Å²) in [7, 11) is 0. The topological polar surface area (TPSA) is 29.1 Å². The first-order valence-corrected chi connectivity index (χ1v) is 7.71. The standard InChI is InChI=1S/C17H15BrFNO/c18-13-6-7-16(19)12(8-13)10-20-17(21)15-9-14(15)11-4-2-1-3-5-11/h1-8,14-15H,9-10H2,(H,20,21). The highest BCUT2D eigenvalue weighted by Crippen LogP contribution is 2.47. The van der Waals surface area contributed by atoms with E-state index < -0.39 is 0 Å². The van der Waals surface area contributed by atoms with Gasteiger partial charge in [-0.3, -0.25) is 4.79 Å². The number of carbonyl (C=O) groups excluding carboxylic acids is 1. The first-order chi connectivity index (χ1) is 10.1. The number of carbonyl (C=O) groups is 1. The Kier molecular flexibility index (Phi) is 4.06. The fourth-order valence-electron chi connectivity index (χ4n) is 2.55. The Morgan fingerprint density at radius 1 is 1.24 bits per heavy atom. The molecule has 2 aromatic carbocycles. The molecule has 1 saturated carbocycles. The SMILES string of the molecule is O=C(NCc1cc(Br)ccc1F)C1CC1c1ccccc1. The van der Waals surface area contributed by atoms with Crippen molar-refractivity contribution < 1.29 is 9.18 Å². The van der Waals surface area contributed by atoms with Crippen LogP contribution in [0.3, 0.4) is 0 Å². The predicted octanol–water partition coefficient (Wildman–Crippen LogP) is 4.01. The summed E-state index contributed by atoms with van der Waals surface area (Å²) in [4.78, 5) is 12.1. The second-order valence-electron chi connectivity index (χ2n) is 5.31. The molecule has 0 radical (unpaired) electrons. The molecule has 2 nitrogen and oxygen atoms in total. The summed E-state index contributed by atoms with van der Waals surface area (Å²) >= 11 is 3.31. The number of hydrogen-bond donors (Lipinski definition) is 1. The van der Waals surface area contributed by atoms with E-state index in [2.05, 4.69) is 21.2 Å². The summed E-state index contributed by atoms with van der Waals surface area (Å²) in [5.74, 6) is 0.0262. The maximum Gasteiger partial charge on any atom is 0.224 e. The molecule has 3 rings (SSSR count). The minimum Gasteiger partial charge on any atom is -0.352 e. The molecule has 2 aromatic rings. The Labute approximate surface area is 131 Å². The molecule has 0 spiro atoms. The Morgan fingerprint density at radius 2 is 2.00 bits per heavy atom. The van der Waals surface area contributed by atoms with E-state index in [0.29, 0.717) is 11.5 Å². The summed E-state index contributed by atoms with van der Waals surface area (Å²) in [6.45, 7) is 0.224. The zero-order valence-electron chi connectivity index (χ0n) is 11.4. The van der Waals surface area contributed by atoms with Gasteiger partial charge in [-0.1, -0.05) is 46.3 Å². The normalized spacial score (nSPS) is 20.1.